The first-order valence-electron chi connectivity index (χ1n) is 7.26. The number of rotatable bonds is 3. The normalized spacial score (nSPS) is 23.9. The van der Waals surface area contributed by atoms with Crippen LogP contribution in [-0.2, 0) is 6.54 Å². The van der Waals surface area contributed by atoms with Crippen LogP contribution >= 0.6 is 0 Å². The first-order chi connectivity index (χ1) is 9.70. The highest BCUT2D eigenvalue weighted by atomic mass is 15.1. The molecule has 0 saturated carbocycles. The van der Waals surface area contributed by atoms with E-state index in [9.17, 15) is 0 Å². The lowest BCUT2D eigenvalue weighted by molar-refractivity contribution is 0.158. The number of hydrogen-bond acceptors (Lipinski definition) is 3. The molecule has 0 radical (unpaired) electrons. The lowest BCUT2D eigenvalue weighted by Gasteiger charge is -2.34. The third kappa shape index (κ3) is 3.08. The highest BCUT2D eigenvalue weighted by molar-refractivity contribution is 5.34. The second kappa shape index (κ2) is 5.77. The Morgan fingerprint density at radius 1 is 1.25 bits per heavy atom. The van der Waals surface area contributed by atoms with Crippen LogP contribution in [0.3, 0.4) is 0 Å². The second-order valence-electron chi connectivity index (χ2n) is 5.93. The first-order valence-corrected chi connectivity index (χ1v) is 7.26. The highest BCUT2D eigenvalue weighted by Gasteiger charge is 2.21. The van der Waals surface area contributed by atoms with Crippen molar-refractivity contribution >= 4 is 0 Å². The minimum Gasteiger partial charge on any atom is -0.327 e. The minimum atomic E-state index is 0.323. The van der Waals surface area contributed by atoms with Crippen molar-refractivity contribution in [1.82, 2.24) is 14.5 Å². The smallest absolute Gasteiger partial charge is 0.0991 e. The van der Waals surface area contributed by atoms with Gasteiger partial charge in [0, 0.05) is 43.8 Å². The van der Waals surface area contributed by atoms with E-state index < -0.39 is 0 Å². The van der Waals surface area contributed by atoms with Crippen LogP contribution in [0.2, 0.25) is 0 Å². The topological polar surface area (TPSA) is 47.1 Å². The van der Waals surface area contributed by atoms with Gasteiger partial charge in [0.1, 0.15) is 0 Å². The van der Waals surface area contributed by atoms with Crippen LogP contribution in [0.4, 0.5) is 0 Å². The predicted molar refractivity (Wildman–Crippen MR) is 80.6 cm³/mol. The van der Waals surface area contributed by atoms with Crippen LogP contribution in [0.1, 0.15) is 18.9 Å². The van der Waals surface area contributed by atoms with E-state index >= 15 is 0 Å². The Morgan fingerprint density at radius 3 is 2.70 bits per heavy atom. The Bertz CT molecular complexity index is 522. The minimum absolute atomic E-state index is 0.323. The van der Waals surface area contributed by atoms with Crippen LogP contribution in [0.15, 0.2) is 43.0 Å². The molecular formula is C16H22N4. The third-order valence-corrected chi connectivity index (χ3v) is 3.91. The molecule has 106 valence electrons. The molecule has 0 bridgehead atoms. The molecule has 3 rings (SSSR count). The van der Waals surface area contributed by atoms with E-state index in [0.717, 1.165) is 31.7 Å². The van der Waals surface area contributed by atoms with Gasteiger partial charge in [-0.3, -0.25) is 4.90 Å². The van der Waals surface area contributed by atoms with Crippen molar-refractivity contribution in [1.29, 1.82) is 0 Å². The molecule has 1 aromatic heterocycles. The van der Waals surface area contributed by atoms with Gasteiger partial charge < -0.3 is 10.3 Å². The fourth-order valence-electron chi connectivity index (χ4n) is 3.09. The molecule has 4 heteroatoms. The van der Waals surface area contributed by atoms with Crippen LogP contribution < -0.4 is 5.73 Å². The summed E-state index contributed by atoms with van der Waals surface area (Å²) in [7, 11) is 0. The van der Waals surface area contributed by atoms with Crippen molar-refractivity contribution in [2.75, 3.05) is 13.1 Å². The van der Waals surface area contributed by atoms with Crippen LogP contribution in [0.5, 0.6) is 0 Å². The number of likely N-dealkylation sites (tertiary alicyclic amines) is 1. The number of imidazole rings is 1. The summed E-state index contributed by atoms with van der Waals surface area (Å²) >= 11 is 0. The van der Waals surface area contributed by atoms with Crippen molar-refractivity contribution in [3.05, 3.63) is 48.5 Å². The number of aromatic nitrogens is 2. The molecule has 2 N–H and O–H groups in total. The largest absolute Gasteiger partial charge is 0.327 e. The van der Waals surface area contributed by atoms with Gasteiger partial charge in [0.2, 0.25) is 0 Å². The molecule has 1 fully saturated rings. The molecule has 0 aliphatic carbocycles. The summed E-state index contributed by atoms with van der Waals surface area (Å²) in [6, 6.07) is 9.00. The van der Waals surface area contributed by atoms with Crippen molar-refractivity contribution in [3.8, 4) is 5.69 Å². The summed E-state index contributed by atoms with van der Waals surface area (Å²) in [5.41, 5.74) is 8.60. The predicted octanol–water partition coefficient (Wildman–Crippen LogP) is 2.04. The Balaban J connectivity index is 1.66. The Morgan fingerprint density at radius 2 is 2.05 bits per heavy atom. The molecule has 0 amide bonds. The van der Waals surface area contributed by atoms with E-state index in [0.29, 0.717) is 12.0 Å². The average molecular weight is 270 g/mol. The Kier molecular flexibility index (Phi) is 3.85. The summed E-state index contributed by atoms with van der Waals surface area (Å²) in [6.07, 6.45) is 6.72. The van der Waals surface area contributed by atoms with Gasteiger partial charge in [-0.15, -0.1) is 0 Å². The summed E-state index contributed by atoms with van der Waals surface area (Å²) in [6.45, 7) is 5.43. The number of piperidine rings is 1. The van der Waals surface area contributed by atoms with Crippen LogP contribution in [0, 0.1) is 5.92 Å². The number of benzene rings is 1. The zero-order valence-electron chi connectivity index (χ0n) is 11.9. The molecule has 2 aromatic rings. The number of hydrogen-bond donors (Lipinski definition) is 1. The summed E-state index contributed by atoms with van der Waals surface area (Å²) in [5, 5.41) is 0. The van der Waals surface area contributed by atoms with Gasteiger partial charge in [-0.25, -0.2) is 4.98 Å². The van der Waals surface area contributed by atoms with E-state index in [-0.39, 0.29) is 0 Å². The summed E-state index contributed by atoms with van der Waals surface area (Å²) in [4.78, 5) is 6.54. The lowest BCUT2D eigenvalue weighted by atomic mass is 9.96. The zero-order chi connectivity index (χ0) is 13.9. The molecule has 1 aliphatic rings. The fraction of sp³-hybridized carbons (Fsp3) is 0.438. The molecule has 2 heterocycles. The van der Waals surface area contributed by atoms with Crippen LogP contribution in [0.25, 0.3) is 5.69 Å². The van der Waals surface area contributed by atoms with Gasteiger partial charge >= 0.3 is 0 Å². The molecule has 1 aromatic carbocycles. The maximum atomic E-state index is 6.11. The Labute approximate surface area is 120 Å². The molecular weight excluding hydrogens is 248 g/mol. The average Bonchev–Trinajstić information content (AvgIpc) is 2.92. The molecule has 1 saturated heterocycles. The fourth-order valence-corrected chi connectivity index (χ4v) is 3.09. The maximum Gasteiger partial charge on any atom is 0.0991 e. The maximum absolute atomic E-state index is 6.11. The van der Waals surface area contributed by atoms with Gasteiger partial charge in [0.15, 0.2) is 0 Å². The van der Waals surface area contributed by atoms with Gasteiger partial charge in [-0.2, -0.15) is 0 Å². The molecule has 1 aliphatic heterocycles. The SMILES string of the molecule is CC1CC(N)CN(Cc2ccc(-n3ccnc3)cc2)C1. The van der Waals surface area contributed by atoms with Gasteiger partial charge in [-0.05, 0) is 30.0 Å². The standard InChI is InChI=1S/C16H22N4/c1-13-8-15(17)11-19(9-13)10-14-2-4-16(5-3-14)20-7-6-18-12-20/h2-7,12-13,15H,8-11,17H2,1H3. The van der Waals surface area contributed by atoms with E-state index in [4.69, 9.17) is 5.73 Å². The van der Waals surface area contributed by atoms with Crippen molar-refractivity contribution in [2.45, 2.75) is 25.9 Å². The lowest BCUT2D eigenvalue weighted by Crippen LogP contribution is -2.45. The van der Waals surface area contributed by atoms with Crippen molar-refractivity contribution < 1.29 is 0 Å². The van der Waals surface area contributed by atoms with Crippen molar-refractivity contribution in [2.24, 2.45) is 11.7 Å². The van der Waals surface area contributed by atoms with E-state index in [1.807, 2.05) is 17.1 Å². The van der Waals surface area contributed by atoms with Crippen LogP contribution in [-0.4, -0.2) is 33.6 Å². The van der Waals surface area contributed by atoms with E-state index in [1.165, 1.54) is 5.56 Å². The van der Waals surface area contributed by atoms with E-state index in [1.54, 1.807) is 6.20 Å². The van der Waals surface area contributed by atoms with E-state index in [2.05, 4.69) is 41.1 Å². The quantitative estimate of drug-likeness (QED) is 0.928. The summed E-state index contributed by atoms with van der Waals surface area (Å²) < 4.78 is 2.02. The molecule has 2 unspecified atom stereocenters. The molecule has 0 spiro atoms. The highest BCUT2D eigenvalue weighted by Crippen LogP contribution is 2.18. The third-order valence-electron chi connectivity index (χ3n) is 3.91. The first kappa shape index (κ1) is 13.3. The van der Waals surface area contributed by atoms with Gasteiger partial charge in [-0.1, -0.05) is 19.1 Å². The van der Waals surface area contributed by atoms with Crippen molar-refractivity contribution in [3.63, 3.8) is 0 Å². The zero-order valence-corrected chi connectivity index (χ0v) is 11.9. The molecule has 4 nitrogen and oxygen atoms in total. The summed E-state index contributed by atoms with van der Waals surface area (Å²) in [5.74, 6) is 0.698. The molecule has 2 atom stereocenters. The Hall–Kier alpha value is -1.65. The second-order valence-corrected chi connectivity index (χ2v) is 5.93. The monoisotopic (exact) mass is 270 g/mol. The van der Waals surface area contributed by atoms with Gasteiger partial charge in [0.25, 0.3) is 0 Å². The number of nitrogens with two attached hydrogens (primary N) is 1. The number of nitrogens with zero attached hydrogens (tertiary/aromatic N) is 3. The van der Waals surface area contributed by atoms with Gasteiger partial charge in [0.05, 0.1) is 6.33 Å². The molecule has 20 heavy (non-hydrogen) atoms.